The first-order valence-corrected chi connectivity index (χ1v) is 18.3. The fourth-order valence-electron chi connectivity index (χ4n) is 8.03. The van der Waals surface area contributed by atoms with Crippen LogP contribution in [0.25, 0.3) is 76.5 Å². The summed E-state index contributed by atoms with van der Waals surface area (Å²) >= 11 is 0. The maximum absolute atomic E-state index is 2.40. The quantitative estimate of drug-likeness (QED) is 0.159. The lowest BCUT2D eigenvalue weighted by Gasteiger charge is -2.28. The molecule has 0 amide bonds. The predicted octanol–water partition coefficient (Wildman–Crippen LogP) is 14.8. The molecular weight excluding hydrogens is 639 g/mol. The standard InChI is InChI=1S/C52H35N/c1-3-11-36(12-4-1)37-23-28-44(29-24-37)53(51-34-33-46(39-13-5-2-6-14-39)49-17-9-10-18-50(49)51)45-30-25-38(26-31-45)42-27-32-48-43(35-42)22-21-41-20-19-40-15-7-8-16-47(40)52(41)48/h1-35H. The van der Waals surface area contributed by atoms with Crippen LogP contribution in [0.15, 0.2) is 212 Å². The second-order valence-electron chi connectivity index (χ2n) is 13.7. The molecule has 0 aliphatic rings. The molecule has 0 atom stereocenters. The van der Waals surface area contributed by atoms with Crippen LogP contribution in [0.1, 0.15) is 0 Å². The van der Waals surface area contributed by atoms with Gasteiger partial charge in [0.15, 0.2) is 0 Å². The van der Waals surface area contributed by atoms with Crippen LogP contribution < -0.4 is 4.90 Å². The Morgan fingerprint density at radius 1 is 0.264 bits per heavy atom. The minimum Gasteiger partial charge on any atom is -0.310 e. The van der Waals surface area contributed by atoms with Crippen LogP contribution in [-0.2, 0) is 0 Å². The Morgan fingerprint density at radius 2 is 0.755 bits per heavy atom. The van der Waals surface area contributed by atoms with Crippen molar-refractivity contribution in [2.24, 2.45) is 0 Å². The summed E-state index contributed by atoms with van der Waals surface area (Å²) in [6.45, 7) is 0. The van der Waals surface area contributed by atoms with E-state index in [9.17, 15) is 0 Å². The van der Waals surface area contributed by atoms with Gasteiger partial charge in [-0.05, 0) is 107 Å². The maximum atomic E-state index is 2.40. The summed E-state index contributed by atoms with van der Waals surface area (Å²) in [6.07, 6.45) is 0. The van der Waals surface area contributed by atoms with E-state index in [1.165, 1.54) is 76.5 Å². The molecule has 0 N–H and O–H groups in total. The predicted molar refractivity (Wildman–Crippen MR) is 227 cm³/mol. The highest BCUT2D eigenvalue weighted by molar-refractivity contribution is 6.20. The molecule has 53 heavy (non-hydrogen) atoms. The van der Waals surface area contributed by atoms with Crippen molar-refractivity contribution in [1.82, 2.24) is 0 Å². The van der Waals surface area contributed by atoms with Gasteiger partial charge in [-0.3, -0.25) is 0 Å². The Morgan fingerprint density at radius 3 is 1.45 bits per heavy atom. The minimum atomic E-state index is 1.11. The molecule has 0 radical (unpaired) electrons. The molecule has 0 unspecified atom stereocenters. The molecule has 0 fully saturated rings. The molecule has 0 aliphatic carbocycles. The van der Waals surface area contributed by atoms with Crippen LogP contribution in [0.3, 0.4) is 0 Å². The first-order valence-electron chi connectivity index (χ1n) is 18.3. The van der Waals surface area contributed by atoms with Gasteiger partial charge >= 0.3 is 0 Å². The van der Waals surface area contributed by atoms with E-state index in [1.54, 1.807) is 0 Å². The van der Waals surface area contributed by atoms with E-state index in [4.69, 9.17) is 0 Å². The molecule has 10 aromatic carbocycles. The van der Waals surface area contributed by atoms with Gasteiger partial charge in [0.05, 0.1) is 5.69 Å². The van der Waals surface area contributed by atoms with Crippen LogP contribution >= 0.6 is 0 Å². The van der Waals surface area contributed by atoms with E-state index in [0.29, 0.717) is 0 Å². The zero-order valence-electron chi connectivity index (χ0n) is 29.2. The number of nitrogens with zero attached hydrogens (tertiary/aromatic N) is 1. The van der Waals surface area contributed by atoms with Gasteiger partial charge in [0.1, 0.15) is 0 Å². The lowest BCUT2D eigenvalue weighted by molar-refractivity contribution is 1.30. The van der Waals surface area contributed by atoms with Crippen molar-refractivity contribution in [3.05, 3.63) is 212 Å². The van der Waals surface area contributed by atoms with E-state index in [1.807, 2.05) is 0 Å². The first-order chi connectivity index (χ1) is 26.3. The topological polar surface area (TPSA) is 3.24 Å². The normalized spacial score (nSPS) is 11.4. The smallest absolute Gasteiger partial charge is 0.0540 e. The summed E-state index contributed by atoms with van der Waals surface area (Å²) in [5, 5.41) is 10.1. The fraction of sp³-hybridized carbons (Fsp3) is 0. The molecule has 10 rings (SSSR count). The van der Waals surface area contributed by atoms with Crippen LogP contribution in [0, 0.1) is 0 Å². The van der Waals surface area contributed by atoms with E-state index in [-0.39, 0.29) is 0 Å². The Hall–Kier alpha value is -6.96. The first kappa shape index (κ1) is 30.8. The molecule has 0 heterocycles. The van der Waals surface area contributed by atoms with E-state index in [0.717, 1.165) is 17.1 Å². The Kier molecular flexibility index (Phi) is 7.55. The SMILES string of the molecule is c1ccc(-c2ccc(N(c3ccc(-c4ccc5c(ccc6ccc7ccccc7c65)c4)cc3)c3ccc(-c4ccccc4)c4ccccc34)cc2)cc1. The van der Waals surface area contributed by atoms with Gasteiger partial charge in [-0.2, -0.15) is 0 Å². The maximum Gasteiger partial charge on any atom is 0.0540 e. The summed E-state index contributed by atoms with van der Waals surface area (Å²) in [5.41, 5.74) is 10.6. The molecular formula is C52H35N. The van der Waals surface area contributed by atoms with Crippen LogP contribution in [0.2, 0.25) is 0 Å². The highest BCUT2D eigenvalue weighted by Crippen LogP contribution is 2.43. The zero-order chi connectivity index (χ0) is 35.1. The van der Waals surface area contributed by atoms with Crippen molar-refractivity contribution in [1.29, 1.82) is 0 Å². The van der Waals surface area contributed by atoms with Crippen molar-refractivity contribution in [3.63, 3.8) is 0 Å². The molecule has 0 aromatic heterocycles. The summed E-state index contributed by atoms with van der Waals surface area (Å²) in [4.78, 5) is 2.40. The van der Waals surface area contributed by atoms with Gasteiger partial charge in [0.2, 0.25) is 0 Å². The van der Waals surface area contributed by atoms with Crippen molar-refractivity contribution in [2.75, 3.05) is 4.90 Å². The number of hydrogen-bond acceptors (Lipinski definition) is 1. The fourth-order valence-corrected chi connectivity index (χ4v) is 8.03. The average molecular weight is 674 g/mol. The number of rotatable bonds is 6. The molecule has 0 aliphatic heterocycles. The summed E-state index contributed by atoms with van der Waals surface area (Å²) in [5.74, 6) is 0. The van der Waals surface area contributed by atoms with Crippen molar-refractivity contribution < 1.29 is 0 Å². The van der Waals surface area contributed by atoms with Gasteiger partial charge in [0.25, 0.3) is 0 Å². The molecule has 248 valence electrons. The highest BCUT2D eigenvalue weighted by Gasteiger charge is 2.18. The minimum absolute atomic E-state index is 1.11. The number of hydrogen-bond donors (Lipinski definition) is 0. The second kappa shape index (κ2) is 13.0. The van der Waals surface area contributed by atoms with Gasteiger partial charge in [0, 0.05) is 16.8 Å². The summed E-state index contributed by atoms with van der Waals surface area (Å²) < 4.78 is 0. The van der Waals surface area contributed by atoms with Gasteiger partial charge < -0.3 is 4.90 Å². The van der Waals surface area contributed by atoms with E-state index in [2.05, 4.69) is 217 Å². The summed E-state index contributed by atoms with van der Waals surface area (Å²) in [7, 11) is 0. The third kappa shape index (κ3) is 5.51. The molecule has 1 nitrogen and oxygen atoms in total. The molecule has 1 heteroatoms. The zero-order valence-corrected chi connectivity index (χ0v) is 29.2. The van der Waals surface area contributed by atoms with Gasteiger partial charge in [-0.1, -0.05) is 176 Å². The lowest BCUT2D eigenvalue weighted by atomic mass is 9.94. The van der Waals surface area contributed by atoms with Crippen molar-refractivity contribution >= 4 is 60.2 Å². The monoisotopic (exact) mass is 673 g/mol. The van der Waals surface area contributed by atoms with Crippen molar-refractivity contribution in [3.8, 4) is 33.4 Å². The van der Waals surface area contributed by atoms with E-state index < -0.39 is 0 Å². The largest absolute Gasteiger partial charge is 0.310 e. The third-order valence-electron chi connectivity index (χ3n) is 10.6. The summed E-state index contributed by atoms with van der Waals surface area (Å²) in [6, 6.07) is 77.2. The average Bonchev–Trinajstić information content (AvgIpc) is 3.24. The van der Waals surface area contributed by atoms with Gasteiger partial charge in [-0.15, -0.1) is 0 Å². The molecule has 0 saturated carbocycles. The van der Waals surface area contributed by atoms with Crippen molar-refractivity contribution in [2.45, 2.75) is 0 Å². The van der Waals surface area contributed by atoms with Crippen LogP contribution in [-0.4, -0.2) is 0 Å². The second-order valence-corrected chi connectivity index (χ2v) is 13.7. The molecule has 10 aromatic rings. The Balaban J connectivity index is 1.09. The lowest BCUT2D eigenvalue weighted by Crippen LogP contribution is -2.10. The molecule has 0 saturated heterocycles. The van der Waals surface area contributed by atoms with Crippen LogP contribution in [0.4, 0.5) is 17.1 Å². The Bertz CT molecular complexity index is 2910. The number of fused-ring (bicyclic) bond motifs is 6. The number of anilines is 3. The Labute approximate surface area is 309 Å². The third-order valence-corrected chi connectivity index (χ3v) is 10.6. The molecule has 0 bridgehead atoms. The van der Waals surface area contributed by atoms with Gasteiger partial charge in [-0.25, -0.2) is 0 Å². The van der Waals surface area contributed by atoms with E-state index >= 15 is 0 Å². The van der Waals surface area contributed by atoms with Crippen LogP contribution in [0.5, 0.6) is 0 Å². The highest BCUT2D eigenvalue weighted by atomic mass is 15.1. The molecule has 0 spiro atoms. The number of benzene rings is 10.